The van der Waals surface area contributed by atoms with Crippen molar-refractivity contribution >= 4 is 45.5 Å². The van der Waals surface area contributed by atoms with E-state index in [-0.39, 0.29) is 24.4 Å². The molecule has 0 aromatic rings. The molecule has 0 heterocycles. The van der Waals surface area contributed by atoms with Crippen molar-refractivity contribution in [1.82, 2.24) is 0 Å². The van der Waals surface area contributed by atoms with Crippen LogP contribution in [0, 0.1) is 0 Å². The molecule has 0 aliphatic heterocycles. The molecule has 0 saturated carbocycles. The molecule has 0 saturated heterocycles. The van der Waals surface area contributed by atoms with E-state index in [4.69, 9.17) is 6.15 Å². The third-order valence-electron chi connectivity index (χ3n) is 2.79. The molecule has 9 heteroatoms. The number of unbranched alkanes of at least 4 members (excludes halogenated alkanes) is 2. The van der Waals surface area contributed by atoms with E-state index in [0.29, 0.717) is 0 Å². The number of ketones is 2. The van der Waals surface area contributed by atoms with Crippen molar-refractivity contribution < 1.29 is 35.5 Å². The Morgan fingerprint density at radius 2 is 1.04 bits per heavy atom. The second-order valence-electron chi connectivity index (χ2n) is 5.37. The Morgan fingerprint density at radius 3 is 1.22 bits per heavy atom. The van der Waals surface area contributed by atoms with Crippen LogP contribution < -0.4 is 10.2 Å². The van der Waals surface area contributed by atoms with E-state index in [9.17, 15) is 29.4 Å². The summed E-state index contributed by atoms with van der Waals surface area (Å²) in [5, 5.41) is 19.3. The molecule has 0 atom stereocenters. The zero-order chi connectivity index (χ0) is 21.5. The molecular formula is C18H32O8Sn. The molecule has 27 heavy (non-hydrogen) atoms. The Morgan fingerprint density at radius 1 is 0.704 bits per heavy atom. The molecule has 0 aromatic heterocycles. The van der Waals surface area contributed by atoms with Gasteiger partial charge in [-0.25, -0.2) is 0 Å². The van der Waals surface area contributed by atoms with Crippen LogP contribution in [0.3, 0.4) is 0 Å². The SMILES string of the molecule is CCC(=O)CC(=O)[O-].CCC(=O)CC(=O)[O-].CCCC[O][Sn+2][O]CCCC. The number of carbonyl (C=O) groups excluding carboxylic acids is 4. The summed E-state index contributed by atoms with van der Waals surface area (Å²) >= 11 is -0.876. The summed E-state index contributed by atoms with van der Waals surface area (Å²) in [4.78, 5) is 39.7. The zero-order valence-electron chi connectivity index (χ0n) is 16.8. The third-order valence-corrected chi connectivity index (χ3v) is 4.63. The standard InChI is InChI=1S/2C5H8O3.2C4H9O.Sn/c2*1-2-4(6)3-5(7)8;2*1-2-3-4-5;/h2*2-3H2,1H3,(H,7,8);2*2-4H2,1H3;/q;;2*-1;+4/p-2. The molecule has 0 aromatic carbocycles. The zero-order valence-corrected chi connectivity index (χ0v) is 19.7. The monoisotopic (exact) mass is 496 g/mol. The van der Waals surface area contributed by atoms with Crippen molar-refractivity contribution in [2.45, 2.75) is 79.1 Å². The second-order valence-corrected chi connectivity index (χ2v) is 7.49. The molecule has 0 unspecified atom stereocenters. The van der Waals surface area contributed by atoms with Crippen molar-refractivity contribution in [2.75, 3.05) is 13.2 Å². The molecule has 0 radical (unpaired) electrons. The quantitative estimate of drug-likeness (QED) is 0.192. The van der Waals surface area contributed by atoms with Crippen LogP contribution in [0.4, 0.5) is 0 Å². The van der Waals surface area contributed by atoms with Crippen LogP contribution in [0.25, 0.3) is 0 Å². The fraction of sp³-hybridized carbons (Fsp3) is 0.778. The Hall–Kier alpha value is -1.00. The summed E-state index contributed by atoms with van der Waals surface area (Å²) in [6, 6.07) is 0. The van der Waals surface area contributed by atoms with Gasteiger partial charge in [-0.15, -0.1) is 0 Å². The number of hydrogen-bond donors (Lipinski definition) is 0. The first-order valence-corrected chi connectivity index (χ1v) is 11.5. The number of aliphatic carboxylic acids is 2. The predicted molar refractivity (Wildman–Crippen MR) is 97.3 cm³/mol. The first kappa shape index (κ1) is 30.7. The average molecular weight is 495 g/mol. The Labute approximate surface area is 173 Å². The normalized spacial score (nSPS) is 9.04. The molecule has 0 fully saturated rings. The molecule has 0 aliphatic carbocycles. The number of rotatable bonds is 14. The van der Waals surface area contributed by atoms with Crippen molar-refractivity contribution in [3.05, 3.63) is 0 Å². The summed E-state index contributed by atoms with van der Waals surface area (Å²) in [5.41, 5.74) is 0. The first-order valence-electron chi connectivity index (χ1n) is 9.16. The van der Waals surface area contributed by atoms with Crippen molar-refractivity contribution in [2.24, 2.45) is 0 Å². The first-order chi connectivity index (χ1) is 12.7. The fourth-order valence-corrected chi connectivity index (χ4v) is 2.67. The van der Waals surface area contributed by atoms with Crippen LogP contribution in [0.1, 0.15) is 79.1 Å². The van der Waals surface area contributed by atoms with Crippen molar-refractivity contribution in [3.8, 4) is 0 Å². The molecule has 0 N–H and O–H groups in total. The van der Waals surface area contributed by atoms with Crippen molar-refractivity contribution in [3.63, 3.8) is 0 Å². The van der Waals surface area contributed by atoms with Crippen LogP contribution in [0.2, 0.25) is 0 Å². The fourth-order valence-electron chi connectivity index (χ4n) is 1.13. The van der Waals surface area contributed by atoms with Gasteiger partial charge >= 0.3 is 80.9 Å². The Kier molecular flexibility index (Phi) is 28.4. The van der Waals surface area contributed by atoms with E-state index in [2.05, 4.69) is 13.8 Å². The van der Waals surface area contributed by atoms with Gasteiger partial charge in [0.25, 0.3) is 0 Å². The van der Waals surface area contributed by atoms with Gasteiger partial charge in [0.2, 0.25) is 0 Å². The summed E-state index contributed by atoms with van der Waals surface area (Å²) in [6.07, 6.45) is 4.44. The van der Waals surface area contributed by atoms with Gasteiger partial charge in [-0.2, -0.15) is 0 Å². The van der Waals surface area contributed by atoms with Gasteiger partial charge in [0.15, 0.2) is 0 Å². The summed E-state index contributed by atoms with van der Waals surface area (Å²) in [7, 11) is 0. The molecular weight excluding hydrogens is 463 g/mol. The maximum absolute atomic E-state index is 10.2. The molecule has 0 amide bonds. The van der Waals surface area contributed by atoms with Crippen LogP contribution in [0.15, 0.2) is 0 Å². The second kappa shape index (κ2) is 25.0. The molecule has 0 rings (SSSR count). The van der Waals surface area contributed by atoms with Gasteiger partial charge in [-0.3, -0.25) is 9.59 Å². The number of carboxylic acids is 2. The van der Waals surface area contributed by atoms with E-state index >= 15 is 0 Å². The van der Waals surface area contributed by atoms with Crippen molar-refractivity contribution in [1.29, 1.82) is 0 Å². The average Bonchev–Trinajstić information content (AvgIpc) is 2.61. The van der Waals surface area contributed by atoms with E-state index in [1.165, 1.54) is 25.7 Å². The Balaban J connectivity index is -0.000000327. The number of carbonyl (C=O) groups is 4. The van der Waals surface area contributed by atoms with Gasteiger partial charge in [-0.05, 0) is 0 Å². The van der Waals surface area contributed by atoms with Gasteiger partial charge in [-0.1, -0.05) is 13.8 Å². The molecule has 0 spiro atoms. The molecule has 0 aliphatic rings. The Bertz CT molecular complexity index is 363. The van der Waals surface area contributed by atoms with Crippen LogP contribution in [0.5, 0.6) is 0 Å². The number of carboxylic acid groups (broad SMARTS) is 2. The van der Waals surface area contributed by atoms with E-state index in [0.717, 1.165) is 13.2 Å². The molecule has 8 nitrogen and oxygen atoms in total. The maximum atomic E-state index is 10.2. The van der Waals surface area contributed by atoms with E-state index in [1.807, 2.05) is 0 Å². The minimum atomic E-state index is -1.29. The number of Topliss-reactive ketones (excluding diaryl/α,β-unsaturated/α-hetero) is 2. The van der Waals surface area contributed by atoms with Crippen LogP contribution in [-0.2, 0) is 25.3 Å². The van der Waals surface area contributed by atoms with Gasteiger partial charge < -0.3 is 19.8 Å². The van der Waals surface area contributed by atoms with Gasteiger partial charge in [0.1, 0.15) is 11.6 Å². The third kappa shape index (κ3) is 36.6. The topological polar surface area (TPSA) is 133 Å². The predicted octanol–water partition coefficient (Wildman–Crippen LogP) is 0.365. The van der Waals surface area contributed by atoms with Gasteiger partial charge in [0.05, 0.1) is 0 Å². The summed E-state index contributed by atoms with van der Waals surface area (Å²) in [5.74, 6) is -3.16. The minimum absolute atomic E-state index is 0.272. The van der Waals surface area contributed by atoms with E-state index in [1.54, 1.807) is 13.8 Å². The van der Waals surface area contributed by atoms with Gasteiger partial charge in [0, 0.05) is 37.6 Å². The molecule has 0 bridgehead atoms. The molecule has 156 valence electrons. The summed E-state index contributed by atoms with van der Waals surface area (Å²) in [6.45, 7) is 9.40. The number of hydrogen-bond acceptors (Lipinski definition) is 8. The van der Waals surface area contributed by atoms with Crippen LogP contribution in [-0.4, -0.2) is 58.7 Å². The summed E-state index contributed by atoms with van der Waals surface area (Å²) < 4.78 is 10.7. The van der Waals surface area contributed by atoms with E-state index < -0.39 is 46.8 Å². The van der Waals surface area contributed by atoms with Crippen LogP contribution >= 0.6 is 0 Å².